The fourth-order valence-corrected chi connectivity index (χ4v) is 4.11. The van der Waals surface area contributed by atoms with Crippen molar-refractivity contribution in [1.82, 2.24) is 5.32 Å². The molecule has 3 N–H and O–H groups in total. The zero-order valence-corrected chi connectivity index (χ0v) is 17.2. The SMILES string of the molecule is Nc1cc(Cl)cc(C=CCCNC(=O)OCC2c3ccccc3-c3ccccc32)c1. The van der Waals surface area contributed by atoms with Gasteiger partial charge in [0.1, 0.15) is 6.61 Å². The van der Waals surface area contributed by atoms with E-state index in [2.05, 4.69) is 29.6 Å². The van der Waals surface area contributed by atoms with Crippen LogP contribution in [0.2, 0.25) is 5.02 Å². The molecule has 3 aromatic carbocycles. The van der Waals surface area contributed by atoms with Crippen LogP contribution in [0.5, 0.6) is 0 Å². The molecule has 0 bridgehead atoms. The number of fused-ring (bicyclic) bond motifs is 3. The van der Waals surface area contributed by atoms with Crippen LogP contribution in [0.4, 0.5) is 10.5 Å². The van der Waals surface area contributed by atoms with Gasteiger partial charge < -0.3 is 15.8 Å². The smallest absolute Gasteiger partial charge is 0.407 e. The number of rotatable bonds is 6. The Labute approximate surface area is 181 Å². The molecule has 0 saturated heterocycles. The van der Waals surface area contributed by atoms with Crippen LogP contribution in [0.1, 0.15) is 29.0 Å². The Morgan fingerprint density at radius 2 is 1.70 bits per heavy atom. The van der Waals surface area contributed by atoms with Crippen LogP contribution < -0.4 is 11.1 Å². The number of amides is 1. The fraction of sp³-hybridized carbons (Fsp3) is 0.160. The highest BCUT2D eigenvalue weighted by Crippen LogP contribution is 2.44. The number of benzene rings is 3. The van der Waals surface area contributed by atoms with Crippen LogP contribution in [-0.4, -0.2) is 19.2 Å². The predicted octanol–water partition coefficient (Wildman–Crippen LogP) is 5.86. The zero-order valence-electron chi connectivity index (χ0n) is 16.5. The van der Waals surface area contributed by atoms with Crippen molar-refractivity contribution >= 4 is 29.5 Å². The van der Waals surface area contributed by atoms with Gasteiger partial charge in [-0.05, 0) is 52.4 Å². The number of carbonyl (C=O) groups excluding carboxylic acids is 1. The predicted molar refractivity (Wildman–Crippen MR) is 123 cm³/mol. The Balaban J connectivity index is 1.28. The molecule has 0 saturated carbocycles. The van der Waals surface area contributed by atoms with Crippen LogP contribution in [0.3, 0.4) is 0 Å². The number of halogens is 1. The first-order valence-electron chi connectivity index (χ1n) is 9.93. The molecule has 0 aromatic heterocycles. The molecule has 4 nitrogen and oxygen atoms in total. The van der Waals surface area contributed by atoms with Gasteiger partial charge in [-0.1, -0.05) is 72.3 Å². The van der Waals surface area contributed by atoms with E-state index in [9.17, 15) is 4.79 Å². The van der Waals surface area contributed by atoms with E-state index in [0.717, 1.165) is 5.56 Å². The first-order valence-corrected chi connectivity index (χ1v) is 10.3. The standard InChI is InChI=1S/C25H23ClN2O2/c26-18-13-17(14-19(27)15-18)7-5-6-12-28-25(29)30-16-24-22-10-3-1-8-20(22)21-9-2-4-11-23(21)24/h1-5,7-11,13-15,24H,6,12,16,27H2,(H,28,29). The van der Waals surface area contributed by atoms with Gasteiger partial charge in [0, 0.05) is 23.2 Å². The molecule has 3 aromatic rings. The third-order valence-corrected chi connectivity index (χ3v) is 5.39. The van der Waals surface area contributed by atoms with E-state index >= 15 is 0 Å². The minimum absolute atomic E-state index is 0.0660. The van der Waals surface area contributed by atoms with Crippen LogP contribution >= 0.6 is 11.6 Å². The highest BCUT2D eigenvalue weighted by atomic mass is 35.5. The van der Waals surface area contributed by atoms with E-state index in [1.807, 2.05) is 48.6 Å². The van der Waals surface area contributed by atoms with Gasteiger partial charge in [-0.25, -0.2) is 4.79 Å². The lowest BCUT2D eigenvalue weighted by Crippen LogP contribution is -2.26. The maximum absolute atomic E-state index is 12.2. The van der Waals surface area contributed by atoms with Crippen molar-refractivity contribution in [2.75, 3.05) is 18.9 Å². The van der Waals surface area contributed by atoms with Crippen LogP contribution in [0.25, 0.3) is 17.2 Å². The maximum atomic E-state index is 12.2. The van der Waals surface area contributed by atoms with Gasteiger partial charge in [-0.2, -0.15) is 0 Å². The molecule has 0 radical (unpaired) electrons. The first-order chi connectivity index (χ1) is 14.6. The third kappa shape index (κ3) is 4.50. The van der Waals surface area contributed by atoms with Crippen molar-refractivity contribution in [2.45, 2.75) is 12.3 Å². The molecule has 1 aliphatic rings. The van der Waals surface area contributed by atoms with Crippen LogP contribution in [0, 0.1) is 0 Å². The molecule has 30 heavy (non-hydrogen) atoms. The molecule has 0 unspecified atom stereocenters. The maximum Gasteiger partial charge on any atom is 0.407 e. The third-order valence-electron chi connectivity index (χ3n) is 5.18. The number of ether oxygens (including phenoxy) is 1. The second-order valence-corrected chi connectivity index (χ2v) is 7.70. The largest absolute Gasteiger partial charge is 0.449 e. The lowest BCUT2D eigenvalue weighted by Gasteiger charge is -2.14. The number of hydrogen-bond acceptors (Lipinski definition) is 3. The number of nitrogens with two attached hydrogens (primary N) is 1. The lowest BCUT2D eigenvalue weighted by atomic mass is 9.98. The Hall–Kier alpha value is -3.24. The fourth-order valence-electron chi connectivity index (χ4n) is 3.86. The summed E-state index contributed by atoms with van der Waals surface area (Å²) in [5, 5.41) is 3.40. The number of anilines is 1. The summed E-state index contributed by atoms with van der Waals surface area (Å²) in [6.07, 6.45) is 4.17. The summed E-state index contributed by atoms with van der Waals surface area (Å²) in [7, 11) is 0. The van der Waals surface area contributed by atoms with Crippen molar-refractivity contribution in [3.8, 4) is 11.1 Å². The molecule has 5 heteroatoms. The van der Waals surface area contributed by atoms with E-state index in [1.165, 1.54) is 22.3 Å². The molecule has 0 heterocycles. The van der Waals surface area contributed by atoms with Crippen LogP contribution in [0.15, 0.2) is 72.8 Å². The van der Waals surface area contributed by atoms with E-state index in [4.69, 9.17) is 22.1 Å². The van der Waals surface area contributed by atoms with Gasteiger partial charge in [0.2, 0.25) is 0 Å². The van der Waals surface area contributed by atoms with Gasteiger partial charge >= 0.3 is 6.09 Å². The monoisotopic (exact) mass is 418 g/mol. The molecule has 1 amide bonds. The topological polar surface area (TPSA) is 64.3 Å². The molecule has 152 valence electrons. The van der Waals surface area contributed by atoms with Crippen molar-refractivity contribution in [3.63, 3.8) is 0 Å². The average molecular weight is 419 g/mol. The minimum atomic E-state index is -0.405. The Morgan fingerprint density at radius 1 is 1.03 bits per heavy atom. The van der Waals surface area contributed by atoms with Crippen molar-refractivity contribution in [3.05, 3.63) is 94.5 Å². The number of nitrogens with one attached hydrogen (secondary N) is 1. The van der Waals surface area contributed by atoms with E-state index in [-0.39, 0.29) is 5.92 Å². The summed E-state index contributed by atoms with van der Waals surface area (Å²) in [6.45, 7) is 0.806. The molecule has 0 fully saturated rings. The summed E-state index contributed by atoms with van der Waals surface area (Å²) in [5.41, 5.74) is 12.2. The molecule has 0 aliphatic heterocycles. The van der Waals surface area contributed by atoms with Gasteiger partial charge in [0.25, 0.3) is 0 Å². The second-order valence-electron chi connectivity index (χ2n) is 7.26. The van der Waals surface area contributed by atoms with Gasteiger partial charge in [-0.15, -0.1) is 0 Å². The Morgan fingerprint density at radius 3 is 2.37 bits per heavy atom. The summed E-state index contributed by atoms with van der Waals surface area (Å²) in [6, 6.07) is 22.0. The quantitative estimate of drug-likeness (QED) is 0.389. The number of nitrogen functional groups attached to an aromatic ring is 1. The molecule has 0 atom stereocenters. The number of alkyl carbamates (subject to hydrolysis) is 1. The molecule has 1 aliphatic carbocycles. The van der Waals surface area contributed by atoms with Gasteiger partial charge in [-0.3, -0.25) is 0 Å². The summed E-state index contributed by atoms with van der Waals surface area (Å²) >= 11 is 6.00. The molecule has 4 rings (SSSR count). The molecular formula is C25H23ClN2O2. The summed E-state index contributed by atoms with van der Waals surface area (Å²) < 4.78 is 5.53. The second kappa shape index (κ2) is 9.06. The zero-order chi connectivity index (χ0) is 20.9. The van der Waals surface area contributed by atoms with Crippen molar-refractivity contribution in [1.29, 1.82) is 0 Å². The average Bonchev–Trinajstić information content (AvgIpc) is 3.05. The number of hydrogen-bond donors (Lipinski definition) is 2. The van der Waals surface area contributed by atoms with Gasteiger partial charge in [0.15, 0.2) is 0 Å². The normalized spacial score (nSPS) is 12.6. The first kappa shape index (κ1) is 20.0. The summed E-state index contributed by atoms with van der Waals surface area (Å²) in [4.78, 5) is 12.2. The van der Waals surface area contributed by atoms with E-state index in [0.29, 0.717) is 30.3 Å². The van der Waals surface area contributed by atoms with Crippen molar-refractivity contribution < 1.29 is 9.53 Å². The summed E-state index contributed by atoms with van der Waals surface area (Å²) in [5.74, 6) is 0.0660. The highest BCUT2D eigenvalue weighted by Gasteiger charge is 2.28. The Kier molecular flexibility index (Phi) is 6.05. The Bertz CT molecular complexity index is 1030. The highest BCUT2D eigenvalue weighted by molar-refractivity contribution is 6.31. The minimum Gasteiger partial charge on any atom is -0.449 e. The van der Waals surface area contributed by atoms with Crippen LogP contribution in [-0.2, 0) is 4.74 Å². The molecule has 0 spiro atoms. The molecular weight excluding hydrogens is 396 g/mol. The number of carbonyl (C=O) groups is 1. The van der Waals surface area contributed by atoms with E-state index < -0.39 is 6.09 Å². The van der Waals surface area contributed by atoms with Crippen molar-refractivity contribution in [2.24, 2.45) is 0 Å². The lowest BCUT2D eigenvalue weighted by molar-refractivity contribution is 0.143. The van der Waals surface area contributed by atoms with Gasteiger partial charge in [0.05, 0.1) is 0 Å². The van der Waals surface area contributed by atoms with E-state index in [1.54, 1.807) is 6.07 Å².